The van der Waals surface area contributed by atoms with E-state index in [1.807, 2.05) is 30.3 Å². The smallest absolute Gasteiger partial charge is 0.307 e. The summed E-state index contributed by atoms with van der Waals surface area (Å²) >= 11 is 3.49. The van der Waals surface area contributed by atoms with Crippen molar-refractivity contribution >= 4 is 38.5 Å². The lowest BCUT2D eigenvalue weighted by molar-refractivity contribution is -0.142. The molecule has 3 nitrogen and oxygen atoms in total. The molecule has 108 valence electrons. The SMILES string of the molecule is O=C(O)C1CCCC1C(=O)c1ccc(Br)c2ccccc12. The molecule has 0 heterocycles. The number of hydrogen-bond donors (Lipinski definition) is 1. The fourth-order valence-corrected chi connectivity index (χ4v) is 3.72. The van der Waals surface area contributed by atoms with Crippen LogP contribution in [0, 0.1) is 11.8 Å². The second kappa shape index (κ2) is 5.60. The number of carboxylic acid groups (broad SMARTS) is 1. The Morgan fingerprint density at radius 1 is 1.00 bits per heavy atom. The Morgan fingerprint density at radius 3 is 2.38 bits per heavy atom. The highest BCUT2D eigenvalue weighted by Crippen LogP contribution is 2.36. The second-order valence-electron chi connectivity index (χ2n) is 5.49. The van der Waals surface area contributed by atoms with Gasteiger partial charge >= 0.3 is 5.97 Å². The lowest BCUT2D eigenvalue weighted by atomic mass is 9.86. The maximum absolute atomic E-state index is 12.8. The van der Waals surface area contributed by atoms with Gasteiger partial charge in [-0.25, -0.2) is 0 Å². The van der Waals surface area contributed by atoms with Crippen LogP contribution < -0.4 is 0 Å². The Kier molecular flexibility index (Phi) is 3.81. The van der Waals surface area contributed by atoms with Gasteiger partial charge in [-0.05, 0) is 35.7 Å². The number of carboxylic acids is 1. The van der Waals surface area contributed by atoms with Gasteiger partial charge in [-0.15, -0.1) is 0 Å². The molecule has 1 N–H and O–H groups in total. The second-order valence-corrected chi connectivity index (χ2v) is 6.34. The Morgan fingerprint density at radius 2 is 1.67 bits per heavy atom. The molecule has 1 aliphatic carbocycles. The highest BCUT2D eigenvalue weighted by Gasteiger charge is 2.38. The Bertz CT molecular complexity index is 723. The minimum Gasteiger partial charge on any atom is -0.481 e. The van der Waals surface area contributed by atoms with E-state index in [0.29, 0.717) is 18.4 Å². The van der Waals surface area contributed by atoms with E-state index >= 15 is 0 Å². The maximum atomic E-state index is 12.8. The lowest BCUT2D eigenvalue weighted by Crippen LogP contribution is -2.25. The van der Waals surface area contributed by atoms with Crippen LogP contribution in [0.2, 0.25) is 0 Å². The number of rotatable bonds is 3. The molecule has 4 heteroatoms. The molecule has 0 amide bonds. The van der Waals surface area contributed by atoms with Crippen molar-refractivity contribution in [3.05, 3.63) is 46.4 Å². The Labute approximate surface area is 131 Å². The van der Waals surface area contributed by atoms with Crippen LogP contribution in [0.25, 0.3) is 10.8 Å². The van der Waals surface area contributed by atoms with Crippen molar-refractivity contribution in [1.82, 2.24) is 0 Å². The summed E-state index contributed by atoms with van der Waals surface area (Å²) in [5, 5.41) is 11.1. The molecule has 1 aliphatic rings. The number of halogens is 1. The van der Waals surface area contributed by atoms with Gasteiger partial charge in [-0.3, -0.25) is 9.59 Å². The van der Waals surface area contributed by atoms with Gasteiger partial charge in [-0.1, -0.05) is 46.6 Å². The molecule has 2 aromatic rings. The van der Waals surface area contributed by atoms with Gasteiger partial charge < -0.3 is 5.11 Å². The zero-order chi connectivity index (χ0) is 15.0. The van der Waals surface area contributed by atoms with Crippen LogP contribution in [0.1, 0.15) is 29.6 Å². The molecule has 0 radical (unpaired) electrons. The summed E-state index contributed by atoms with van der Waals surface area (Å²) in [4.78, 5) is 24.1. The van der Waals surface area contributed by atoms with E-state index in [4.69, 9.17) is 0 Å². The number of carbonyl (C=O) groups excluding carboxylic acids is 1. The maximum Gasteiger partial charge on any atom is 0.307 e. The number of hydrogen-bond acceptors (Lipinski definition) is 2. The number of ketones is 1. The molecular formula is C17H15BrO3. The fraction of sp³-hybridized carbons (Fsp3) is 0.294. The monoisotopic (exact) mass is 346 g/mol. The molecule has 1 saturated carbocycles. The third-order valence-electron chi connectivity index (χ3n) is 4.31. The first-order valence-electron chi connectivity index (χ1n) is 7.04. The van der Waals surface area contributed by atoms with E-state index < -0.39 is 17.8 Å². The summed E-state index contributed by atoms with van der Waals surface area (Å²) in [7, 11) is 0. The molecule has 0 aliphatic heterocycles. The zero-order valence-corrected chi connectivity index (χ0v) is 13.0. The molecule has 1 fully saturated rings. The predicted octanol–water partition coefficient (Wildman–Crippen LogP) is 4.29. The van der Waals surface area contributed by atoms with Gasteiger partial charge in [-0.2, -0.15) is 0 Å². The zero-order valence-electron chi connectivity index (χ0n) is 11.4. The molecule has 2 atom stereocenters. The van der Waals surface area contributed by atoms with Crippen molar-refractivity contribution in [1.29, 1.82) is 0 Å². The third kappa shape index (κ3) is 2.48. The third-order valence-corrected chi connectivity index (χ3v) is 5.00. The Hall–Kier alpha value is -1.68. The summed E-state index contributed by atoms with van der Waals surface area (Å²) in [5.41, 5.74) is 0.631. The van der Waals surface area contributed by atoms with Crippen molar-refractivity contribution in [2.24, 2.45) is 11.8 Å². The highest BCUT2D eigenvalue weighted by atomic mass is 79.9. The van der Waals surface area contributed by atoms with Crippen LogP contribution in [0.5, 0.6) is 0 Å². The van der Waals surface area contributed by atoms with Crippen molar-refractivity contribution in [3.63, 3.8) is 0 Å². The topological polar surface area (TPSA) is 54.4 Å². The molecule has 2 unspecified atom stereocenters. The van der Waals surface area contributed by atoms with Crippen LogP contribution in [0.4, 0.5) is 0 Å². The van der Waals surface area contributed by atoms with Crippen molar-refractivity contribution in [3.8, 4) is 0 Å². The molecule has 0 saturated heterocycles. The normalized spacial score (nSPS) is 21.6. The summed E-state index contributed by atoms with van der Waals surface area (Å²) in [6.07, 6.45) is 2.07. The first-order chi connectivity index (χ1) is 10.1. The van der Waals surface area contributed by atoms with Gasteiger partial charge in [0.1, 0.15) is 0 Å². The van der Waals surface area contributed by atoms with Crippen LogP contribution in [-0.2, 0) is 4.79 Å². The lowest BCUT2D eigenvalue weighted by Gasteiger charge is -2.16. The van der Waals surface area contributed by atoms with Gasteiger partial charge in [0.15, 0.2) is 5.78 Å². The largest absolute Gasteiger partial charge is 0.481 e. The van der Waals surface area contributed by atoms with Gasteiger partial charge in [0, 0.05) is 16.0 Å². The van der Waals surface area contributed by atoms with E-state index in [9.17, 15) is 14.7 Å². The Balaban J connectivity index is 2.06. The fourth-order valence-electron chi connectivity index (χ4n) is 3.25. The number of aliphatic carboxylic acids is 1. The summed E-state index contributed by atoms with van der Waals surface area (Å²) in [5.74, 6) is -1.83. The van der Waals surface area contributed by atoms with Crippen LogP contribution in [0.3, 0.4) is 0 Å². The van der Waals surface area contributed by atoms with E-state index in [1.54, 1.807) is 6.07 Å². The number of carbonyl (C=O) groups is 2. The van der Waals surface area contributed by atoms with E-state index in [1.165, 1.54) is 0 Å². The molecule has 0 bridgehead atoms. The van der Waals surface area contributed by atoms with Crippen LogP contribution in [-0.4, -0.2) is 16.9 Å². The summed E-state index contributed by atoms with van der Waals surface area (Å²) < 4.78 is 0.941. The molecule has 0 spiro atoms. The molecular weight excluding hydrogens is 332 g/mol. The van der Waals surface area contributed by atoms with E-state index in [0.717, 1.165) is 21.7 Å². The predicted molar refractivity (Wildman–Crippen MR) is 84.4 cm³/mol. The van der Waals surface area contributed by atoms with Crippen molar-refractivity contribution < 1.29 is 14.7 Å². The standard InChI is InChI=1S/C17H15BrO3/c18-15-9-8-13(10-4-1-2-5-11(10)15)16(19)12-6-3-7-14(12)17(20)21/h1-2,4-5,8-9,12,14H,3,6-7H2,(H,20,21). The van der Waals surface area contributed by atoms with Gasteiger partial charge in [0.05, 0.1) is 5.92 Å². The average molecular weight is 347 g/mol. The van der Waals surface area contributed by atoms with Crippen LogP contribution in [0.15, 0.2) is 40.9 Å². The average Bonchev–Trinajstić information content (AvgIpc) is 2.97. The minimum absolute atomic E-state index is 0.0383. The van der Waals surface area contributed by atoms with Crippen LogP contribution >= 0.6 is 15.9 Å². The van der Waals surface area contributed by atoms with Crippen molar-refractivity contribution in [2.75, 3.05) is 0 Å². The van der Waals surface area contributed by atoms with Gasteiger partial charge in [0.2, 0.25) is 0 Å². The van der Waals surface area contributed by atoms with Crippen molar-refractivity contribution in [2.45, 2.75) is 19.3 Å². The van der Waals surface area contributed by atoms with Gasteiger partial charge in [0.25, 0.3) is 0 Å². The number of Topliss-reactive ketones (excluding diaryl/α,β-unsaturated/α-hetero) is 1. The summed E-state index contributed by atoms with van der Waals surface area (Å²) in [6, 6.07) is 11.4. The number of benzene rings is 2. The summed E-state index contributed by atoms with van der Waals surface area (Å²) in [6.45, 7) is 0. The highest BCUT2D eigenvalue weighted by molar-refractivity contribution is 9.10. The van der Waals surface area contributed by atoms with E-state index in [-0.39, 0.29) is 5.78 Å². The first-order valence-corrected chi connectivity index (χ1v) is 7.83. The number of fused-ring (bicyclic) bond motifs is 1. The molecule has 3 rings (SSSR count). The quantitative estimate of drug-likeness (QED) is 0.843. The van der Waals surface area contributed by atoms with E-state index in [2.05, 4.69) is 15.9 Å². The molecule has 0 aromatic heterocycles. The first kappa shape index (κ1) is 14.3. The molecule has 2 aromatic carbocycles. The minimum atomic E-state index is -0.854. The molecule has 21 heavy (non-hydrogen) atoms.